The Kier molecular flexibility index (Phi) is 7.08. The summed E-state index contributed by atoms with van der Waals surface area (Å²) in [4.78, 5) is 43.4. The highest BCUT2D eigenvalue weighted by Crippen LogP contribution is 2.50. The summed E-state index contributed by atoms with van der Waals surface area (Å²) in [7, 11) is 11.7. The van der Waals surface area contributed by atoms with Crippen molar-refractivity contribution >= 4 is 70.5 Å². The molecule has 0 aromatic heterocycles. The highest BCUT2D eigenvalue weighted by atomic mass is 16.5. The second kappa shape index (κ2) is 9.97. The Morgan fingerprint density at radius 1 is 1.00 bits per heavy atom. The molecule has 0 spiro atoms. The third-order valence-electron chi connectivity index (χ3n) is 9.29. The van der Waals surface area contributed by atoms with Crippen LogP contribution in [0.5, 0.6) is 0 Å². The lowest BCUT2D eigenvalue weighted by molar-refractivity contribution is -0.138. The van der Waals surface area contributed by atoms with Crippen molar-refractivity contribution in [3.05, 3.63) is 64.7 Å². The molecule has 2 aromatic carbocycles. The first-order valence-corrected chi connectivity index (χ1v) is 13.8. The molecule has 5 rings (SSSR count). The molecule has 2 fully saturated rings. The number of piperidine rings is 1. The molecular weight excluding hydrogens is 485 g/mol. The van der Waals surface area contributed by atoms with Crippen molar-refractivity contribution in [1.82, 2.24) is 15.1 Å². The first-order valence-electron chi connectivity index (χ1n) is 13.8. The van der Waals surface area contributed by atoms with E-state index >= 15 is 0 Å². The van der Waals surface area contributed by atoms with Gasteiger partial charge in [0.2, 0.25) is 11.8 Å². The lowest BCUT2D eigenvalue weighted by Gasteiger charge is -2.52. The van der Waals surface area contributed by atoms with Gasteiger partial charge in [-0.1, -0.05) is 35.5 Å². The van der Waals surface area contributed by atoms with Crippen molar-refractivity contribution in [2.24, 2.45) is 0 Å². The molecule has 196 valence electrons. The number of nitrogens with zero attached hydrogens (tertiary/aromatic N) is 2. The van der Waals surface area contributed by atoms with Crippen molar-refractivity contribution < 1.29 is 19.1 Å². The van der Waals surface area contributed by atoms with Crippen LogP contribution >= 0.6 is 0 Å². The molecule has 3 heterocycles. The maximum absolute atomic E-state index is 13.6. The molecule has 1 unspecified atom stereocenters. The van der Waals surface area contributed by atoms with Gasteiger partial charge in [0, 0.05) is 43.0 Å². The van der Waals surface area contributed by atoms with Gasteiger partial charge in [-0.15, -0.1) is 0 Å². The van der Waals surface area contributed by atoms with Crippen LogP contribution in [-0.4, -0.2) is 107 Å². The lowest BCUT2D eigenvalue weighted by Crippen LogP contribution is -2.66. The molecule has 8 nitrogen and oxygen atoms in total. The number of imide groups is 1. The number of hydrogen-bond donors (Lipinski definition) is 2. The average molecular weight is 519 g/mol. The van der Waals surface area contributed by atoms with Gasteiger partial charge in [0.05, 0.1) is 13.2 Å². The highest BCUT2D eigenvalue weighted by molar-refractivity contribution is 6.63. The number of fused-ring (bicyclic) bond motifs is 1. The summed E-state index contributed by atoms with van der Waals surface area (Å²) >= 11 is 0. The summed E-state index contributed by atoms with van der Waals surface area (Å²) in [5, 5.41) is 4.21. The van der Waals surface area contributed by atoms with Crippen molar-refractivity contribution in [2.75, 3.05) is 31.6 Å². The van der Waals surface area contributed by atoms with Crippen molar-refractivity contribution in [1.29, 1.82) is 0 Å². The molecule has 1 atom stereocenters. The summed E-state index contributed by atoms with van der Waals surface area (Å²) < 4.78 is 5.46. The van der Waals surface area contributed by atoms with Gasteiger partial charge < -0.3 is 15.0 Å². The van der Waals surface area contributed by atoms with Crippen LogP contribution in [0.15, 0.2) is 42.5 Å². The summed E-state index contributed by atoms with van der Waals surface area (Å²) in [5.41, 5.74) is 4.75. The Bertz CT molecular complexity index is 1310. The maximum atomic E-state index is 13.6. The zero-order chi connectivity index (χ0) is 28.2. The number of ether oxygens (including phenoxy) is 1. The van der Waals surface area contributed by atoms with Crippen LogP contribution in [0.4, 0.5) is 5.69 Å². The molecule has 0 radical (unpaired) electrons. The molecule has 39 heavy (non-hydrogen) atoms. The number of amides is 3. The zero-order valence-electron chi connectivity index (χ0n) is 23.9. The van der Waals surface area contributed by atoms with E-state index in [4.69, 9.17) is 4.74 Å². The number of benzene rings is 2. The molecule has 3 aliphatic heterocycles. The van der Waals surface area contributed by atoms with E-state index < -0.39 is 27.7 Å². The van der Waals surface area contributed by atoms with Crippen LogP contribution < -0.4 is 10.6 Å². The standard InChI is InChI=1S/C25H34B6N4O4/c26-23(27)19(20(36)32-22(38)24(23,28)29)35-13-17-16(21(35)37)2-1-3-18(17)33-25(30,31)15-6-4-14(5-7-15)12-34-8-10-39-11-9-34/h1-7,19,33H,8-13,26-31H2,(H,32,36,38). The third-order valence-corrected chi connectivity index (χ3v) is 9.29. The summed E-state index contributed by atoms with van der Waals surface area (Å²) in [6.07, 6.45) is 0. The normalized spacial score (nSPS) is 22.8. The Balaban J connectivity index is 1.36. The molecule has 2 N–H and O–H groups in total. The quantitative estimate of drug-likeness (QED) is 0.297. The molecule has 2 aromatic rings. The highest BCUT2D eigenvalue weighted by Gasteiger charge is 2.57. The van der Waals surface area contributed by atoms with E-state index in [1.807, 2.05) is 49.6 Å². The monoisotopic (exact) mass is 520 g/mol. The van der Waals surface area contributed by atoms with Crippen LogP contribution in [0.3, 0.4) is 0 Å². The molecular formula is C25H34B6N4O4. The predicted molar refractivity (Wildman–Crippen MR) is 168 cm³/mol. The molecule has 3 amide bonds. The van der Waals surface area contributed by atoms with Crippen molar-refractivity contribution in [3.8, 4) is 0 Å². The second-order valence-electron chi connectivity index (χ2n) is 12.7. The minimum atomic E-state index is -0.822. The van der Waals surface area contributed by atoms with Gasteiger partial charge >= 0.3 is 0 Å². The van der Waals surface area contributed by atoms with Crippen LogP contribution in [0.25, 0.3) is 0 Å². The Hall–Kier alpha value is -2.84. The molecule has 2 saturated heterocycles. The van der Waals surface area contributed by atoms with Gasteiger partial charge in [-0.3, -0.25) is 24.6 Å². The van der Waals surface area contributed by atoms with Gasteiger partial charge in [0.25, 0.3) is 5.91 Å². The van der Waals surface area contributed by atoms with Crippen molar-refractivity contribution in [3.63, 3.8) is 0 Å². The lowest BCUT2D eigenvalue weighted by atomic mass is 9.26. The molecule has 0 bridgehead atoms. The number of carbonyl (C=O) groups excluding carboxylic acids is 3. The van der Waals surface area contributed by atoms with Gasteiger partial charge in [-0.25, -0.2) is 0 Å². The van der Waals surface area contributed by atoms with E-state index in [1.54, 1.807) is 4.90 Å². The molecule has 0 saturated carbocycles. The van der Waals surface area contributed by atoms with Crippen LogP contribution in [-0.2, 0) is 32.8 Å². The fourth-order valence-electron chi connectivity index (χ4n) is 5.96. The van der Waals surface area contributed by atoms with E-state index in [9.17, 15) is 14.4 Å². The van der Waals surface area contributed by atoms with E-state index in [-0.39, 0.29) is 11.8 Å². The summed E-state index contributed by atoms with van der Waals surface area (Å²) in [6, 6.07) is 13.6. The number of rotatable bonds is 6. The van der Waals surface area contributed by atoms with Crippen LogP contribution in [0.1, 0.15) is 27.0 Å². The Morgan fingerprint density at radius 3 is 2.33 bits per heavy atom. The second-order valence-corrected chi connectivity index (χ2v) is 12.7. The van der Waals surface area contributed by atoms with Crippen molar-refractivity contribution in [2.45, 2.75) is 34.9 Å². The van der Waals surface area contributed by atoms with Gasteiger partial charge in [0.1, 0.15) is 53.1 Å². The Labute approximate surface area is 235 Å². The predicted octanol–water partition coefficient (Wildman–Crippen LogP) is -4.25. The van der Waals surface area contributed by atoms with E-state index in [0.29, 0.717) is 12.1 Å². The molecule has 14 heteroatoms. The molecule has 3 aliphatic rings. The topological polar surface area (TPSA) is 91.0 Å². The first kappa shape index (κ1) is 27.7. The number of anilines is 1. The third kappa shape index (κ3) is 4.86. The first-order chi connectivity index (χ1) is 18.3. The van der Waals surface area contributed by atoms with E-state index in [0.717, 1.165) is 49.7 Å². The number of carbonyl (C=O) groups is 3. The SMILES string of the molecule is BC(B)(Nc1cccc2c1CN(C1C(=O)NC(=O)C(B)(B)C1(B)B)C2=O)c1ccc(CN2CCOCC2)cc1. The number of hydrogen-bond acceptors (Lipinski definition) is 6. The minimum Gasteiger partial charge on any atom is -0.391 e. The van der Waals surface area contributed by atoms with Gasteiger partial charge in [-0.2, -0.15) is 0 Å². The van der Waals surface area contributed by atoms with Crippen LogP contribution in [0.2, 0.25) is 10.4 Å². The zero-order valence-corrected chi connectivity index (χ0v) is 23.9. The maximum Gasteiger partial charge on any atom is 0.255 e. The fourth-order valence-corrected chi connectivity index (χ4v) is 5.96. The Morgan fingerprint density at radius 2 is 1.67 bits per heavy atom. The molecule has 0 aliphatic carbocycles. The van der Waals surface area contributed by atoms with E-state index in [2.05, 4.69) is 55.5 Å². The number of morpholine rings is 1. The summed E-state index contributed by atoms with van der Waals surface area (Å²) in [6.45, 7) is 4.70. The van der Waals surface area contributed by atoms with Gasteiger partial charge in [-0.05, 0) is 33.8 Å². The van der Waals surface area contributed by atoms with E-state index in [1.165, 1.54) is 5.56 Å². The number of nitrogens with one attached hydrogen (secondary N) is 2. The van der Waals surface area contributed by atoms with Gasteiger partial charge in [0.15, 0.2) is 0 Å². The van der Waals surface area contributed by atoms with Crippen LogP contribution in [0, 0.1) is 0 Å². The average Bonchev–Trinajstić information content (AvgIpc) is 3.21. The smallest absolute Gasteiger partial charge is 0.255 e. The largest absolute Gasteiger partial charge is 0.391 e. The summed E-state index contributed by atoms with van der Waals surface area (Å²) in [5.74, 6) is -0.909. The minimum absolute atomic E-state index is 0.183. The fraction of sp³-hybridized carbons (Fsp3) is 0.400.